The van der Waals surface area contributed by atoms with Gasteiger partial charge in [0.05, 0.1) is 12.2 Å². The van der Waals surface area contributed by atoms with E-state index in [4.69, 9.17) is 4.74 Å². The van der Waals surface area contributed by atoms with Gasteiger partial charge in [0.25, 0.3) is 0 Å². The van der Waals surface area contributed by atoms with Crippen molar-refractivity contribution in [3.63, 3.8) is 0 Å². The first kappa shape index (κ1) is 14.7. The van der Waals surface area contributed by atoms with Gasteiger partial charge in [0.15, 0.2) is 0 Å². The van der Waals surface area contributed by atoms with Gasteiger partial charge in [0.1, 0.15) is 0 Å². The maximum atomic E-state index is 12.3. The predicted molar refractivity (Wildman–Crippen MR) is 69.4 cm³/mol. The average molecular weight is 263 g/mol. The summed E-state index contributed by atoms with van der Waals surface area (Å²) in [4.78, 5) is 14.2. The summed E-state index contributed by atoms with van der Waals surface area (Å²) in [5.41, 5.74) is 0. The van der Waals surface area contributed by atoms with Crippen molar-refractivity contribution >= 4 is 18.3 Å². The molecule has 0 aromatic carbocycles. The number of hydrogen-bond acceptors (Lipinski definition) is 3. The molecule has 2 heterocycles. The lowest BCUT2D eigenvalue weighted by Crippen LogP contribution is -2.54. The highest BCUT2D eigenvalue weighted by Crippen LogP contribution is 2.21. The quantitative estimate of drug-likeness (QED) is 0.804. The van der Waals surface area contributed by atoms with Gasteiger partial charge in [0, 0.05) is 19.0 Å². The molecule has 2 saturated heterocycles. The normalized spacial score (nSPS) is 31.4. The van der Waals surface area contributed by atoms with Crippen LogP contribution in [0.2, 0.25) is 0 Å². The van der Waals surface area contributed by atoms with Gasteiger partial charge >= 0.3 is 0 Å². The lowest BCUT2D eigenvalue weighted by molar-refractivity contribution is -0.149. The van der Waals surface area contributed by atoms with E-state index >= 15 is 0 Å². The minimum absolute atomic E-state index is 0. The van der Waals surface area contributed by atoms with Gasteiger partial charge in [-0.15, -0.1) is 12.4 Å². The Hall–Kier alpha value is -0.320. The summed E-state index contributed by atoms with van der Waals surface area (Å²) in [5, 5.41) is 3.22. The molecule has 5 heteroatoms. The molecule has 100 valence electrons. The second-order valence-electron chi connectivity index (χ2n) is 5.21. The smallest absolute Gasteiger partial charge is 0.225 e. The fraction of sp³-hybridized carbons (Fsp3) is 0.917. The van der Waals surface area contributed by atoms with Crippen LogP contribution >= 0.6 is 12.4 Å². The summed E-state index contributed by atoms with van der Waals surface area (Å²) in [6, 6.07) is 0. The van der Waals surface area contributed by atoms with Gasteiger partial charge in [-0.05, 0) is 32.9 Å². The van der Waals surface area contributed by atoms with Crippen LogP contribution < -0.4 is 5.32 Å². The molecule has 0 saturated carbocycles. The topological polar surface area (TPSA) is 41.6 Å². The second kappa shape index (κ2) is 6.03. The number of ether oxygens (including phenoxy) is 1. The molecular weight excluding hydrogens is 240 g/mol. The van der Waals surface area contributed by atoms with Crippen molar-refractivity contribution in [1.29, 1.82) is 0 Å². The van der Waals surface area contributed by atoms with E-state index in [1.807, 2.05) is 18.7 Å². The van der Waals surface area contributed by atoms with Crippen molar-refractivity contribution in [2.75, 3.05) is 26.2 Å². The van der Waals surface area contributed by atoms with Crippen LogP contribution in [0.25, 0.3) is 0 Å². The summed E-state index contributed by atoms with van der Waals surface area (Å²) in [6.45, 7) is 9.59. The molecule has 2 fully saturated rings. The monoisotopic (exact) mass is 262 g/mol. The first-order chi connectivity index (χ1) is 7.58. The molecule has 0 spiro atoms. The van der Waals surface area contributed by atoms with E-state index in [0.29, 0.717) is 11.8 Å². The molecule has 2 rings (SSSR count). The number of rotatable bonds is 2. The van der Waals surface area contributed by atoms with Crippen molar-refractivity contribution in [3.05, 3.63) is 0 Å². The minimum Gasteiger partial charge on any atom is -0.372 e. The Kier molecular flexibility index (Phi) is 5.22. The number of halogens is 1. The number of hydrogen-bond donors (Lipinski definition) is 1. The summed E-state index contributed by atoms with van der Waals surface area (Å²) >= 11 is 0. The highest BCUT2D eigenvalue weighted by molar-refractivity contribution is 5.85. The molecule has 2 aliphatic heterocycles. The summed E-state index contributed by atoms with van der Waals surface area (Å²) < 4.78 is 5.64. The Labute approximate surface area is 109 Å². The van der Waals surface area contributed by atoms with E-state index in [2.05, 4.69) is 12.2 Å². The van der Waals surface area contributed by atoms with Crippen molar-refractivity contribution in [1.82, 2.24) is 10.2 Å². The molecular formula is C12H23ClN2O2. The van der Waals surface area contributed by atoms with Crippen molar-refractivity contribution in [2.45, 2.75) is 33.0 Å². The standard InChI is InChI=1S/C12H22N2O2.ClH/c1-8-6-14(7-9(2)16-8)12(15)10(3)11-4-13-5-11;/h8-11,13H,4-7H2,1-3H3;1H. The van der Waals surface area contributed by atoms with E-state index in [-0.39, 0.29) is 30.5 Å². The van der Waals surface area contributed by atoms with Crippen LogP contribution in [0.5, 0.6) is 0 Å². The van der Waals surface area contributed by atoms with Gasteiger partial charge in [-0.25, -0.2) is 0 Å². The lowest BCUT2D eigenvalue weighted by atomic mass is 9.87. The Morgan fingerprint density at radius 1 is 1.29 bits per heavy atom. The van der Waals surface area contributed by atoms with Gasteiger partial charge in [0.2, 0.25) is 5.91 Å². The molecule has 0 aromatic rings. The third kappa shape index (κ3) is 3.33. The molecule has 1 amide bonds. The molecule has 0 aromatic heterocycles. The molecule has 2 aliphatic rings. The zero-order valence-electron chi connectivity index (χ0n) is 10.8. The first-order valence-corrected chi connectivity index (χ1v) is 6.23. The summed E-state index contributed by atoms with van der Waals surface area (Å²) in [5.74, 6) is 0.980. The van der Waals surface area contributed by atoms with Crippen molar-refractivity contribution in [2.24, 2.45) is 11.8 Å². The molecule has 0 bridgehead atoms. The zero-order valence-corrected chi connectivity index (χ0v) is 11.6. The van der Waals surface area contributed by atoms with Crippen LogP contribution in [0.15, 0.2) is 0 Å². The Morgan fingerprint density at radius 3 is 2.24 bits per heavy atom. The van der Waals surface area contributed by atoms with Crippen LogP contribution in [0.3, 0.4) is 0 Å². The molecule has 0 aliphatic carbocycles. The van der Waals surface area contributed by atoms with E-state index in [1.54, 1.807) is 0 Å². The molecule has 17 heavy (non-hydrogen) atoms. The average Bonchev–Trinajstić information content (AvgIpc) is 2.12. The van der Waals surface area contributed by atoms with Crippen LogP contribution in [-0.2, 0) is 9.53 Å². The number of carbonyl (C=O) groups is 1. The van der Waals surface area contributed by atoms with Crippen LogP contribution in [0.4, 0.5) is 0 Å². The second-order valence-corrected chi connectivity index (χ2v) is 5.21. The zero-order chi connectivity index (χ0) is 11.7. The van der Waals surface area contributed by atoms with E-state index < -0.39 is 0 Å². The van der Waals surface area contributed by atoms with E-state index in [1.165, 1.54) is 0 Å². The number of amides is 1. The Morgan fingerprint density at radius 2 is 1.82 bits per heavy atom. The number of carbonyl (C=O) groups excluding carboxylic acids is 1. The van der Waals surface area contributed by atoms with Crippen molar-refractivity contribution < 1.29 is 9.53 Å². The van der Waals surface area contributed by atoms with Crippen molar-refractivity contribution in [3.8, 4) is 0 Å². The molecule has 3 atom stereocenters. The lowest BCUT2D eigenvalue weighted by Gasteiger charge is -2.39. The highest BCUT2D eigenvalue weighted by atomic mass is 35.5. The third-order valence-electron chi connectivity index (χ3n) is 3.64. The number of nitrogens with one attached hydrogen (secondary N) is 1. The highest BCUT2D eigenvalue weighted by Gasteiger charge is 2.34. The van der Waals surface area contributed by atoms with Gasteiger partial charge < -0.3 is 15.0 Å². The molecule has 1 N–H and O–H groups in total. The fourth-order valence-electron chi connectivity index (χ4n) is 2.51. The Balaban J connectivity index is 0.00000144. The SMILES string of the molecule is CC1CN(C(=O)C(C)C2CNC2)CC(C)O1.Cl. The largest absolute Gasteiger partial charge is 0.372 e. The molecule has 0 radical (unpaired) electrons. The molecule has 3 unspecified atom stereocenters. The number of nitrogens with zero attached hydrogens (tertiary/aromatic N) is 1. The minimum atomic E-state index is 0. The van der Waals surface area contributed by atoms with Gasteiger partial charge in [-0.3, -0.25) is 4.79 Å². The third-order valence-corrected chi connectivity index (χ3v) is 3.64. The molecule has 4 nitrogen and oxygen atoms in total. The first-order valence-electron chi connectivity index (χ1n) is 6.23. The van der Waals surface area contributed by atoms with E-state index in [0.717, 1.165) is 26.2 Å². The number of morpholine rings is 1. The summed E-state index contributed by atoms with van der Waals surface area (Å²) in [6.07, 6.45) is 0.332. The maximum Gasteiger partial charge on any atom is 0.225 e. The Bertz CT molecular complexity index is 261. The van der Waals surface area contributed by atoms with Crippen LogP contribution in [0.1, 0.15) is 20.8 Å². The summed E-state index contributed by atoms with van der Waals surface area (Å²) in [7, 11) is 0. The van der Waals surface area contributed by atoms with Crippen LogP contribution in [-0.4, -0.2) is 49.2 Å². The van der Waals surface area contributed by atoms with Crippen LogP contribution in [0, 0.1) is 11.8 Å². The maximum absolute atomic E-state index is 12.3. The fourth-order valence-corrected chi connectivity index (χ4v) is 2.51. The van der Waals surface area contributed by atoms with E-state index in [9.17, 15) is 4.79 Å². The predicted octanol–water partition coefficient (Wildman–Crippen LogP) is 0.900. The van der Waals surface area contributed by atoms with Gasteiger partial charge in [-0.1, -0.05) is 6.92 Å². The van der Waals surface area contributed by atoms with Gasteiger partial charge in [-0.2, -0.15) is 0 Å².